The molecule has 2 aromatic rings. The molecule has 1 unspecified atom stereocenters. The predicted molar refractivity (Wildman–Crippen MR) is 109 cm³/mol. The van der Waals surface area contributed by atoms with Gasteiger partial charge in [0.25, 0.3) is 5.91 Å². The number of amides is 1. The Bertz CT molecular complexity index is 737. The first-order valence-corrected chi connectivity index (χ1v) is 9.64. The van der Waals surface area contributed by atoms with Gasteiger partial charge in [-0.05, 0) is 38.1 Å². The Hall–Kier alpha value is -2.37. The molecule has 0 saturated carbocycles. The number of nitrogens with zero attached hydrogens (tertiary/aromatic N) is 1. The second-order valence-corrected chi connectivity index (χ2v) is 7.37. The van der Waals surface area contributed by atoms with Crippen LogP contribution < -0.4 is 15.1 Å². The summed E-state index contributed by atoms with van der Waals surface area (Å²) in [6.07, 6.45) is 0. The molecule has 2 aromatic carbocycles. The Morgan fingerprint density at radius 1 is 1.11 bits per heavy atom. The van der Waals surface area contributed by atoms with Gasteiger partial charge in [0.15, 0.2) is 6.04 Å². The molecular weight excluding hydrogens is 338 g/mol. The Balaban J connectivity index is 1.54. The molecule has 2 N–H and O–H groups in total. The first-order valence-electron chi connectivity index (χ1n) is 9.64. The van der Waals surface area contributed by atoms with Gasteiger partial charge in [-0.15, -0.1) is 0 Å². The number of carbonyl (C=O) groups is 1. The fourth-order valence-corrected chi connectivity index (χ4v) is 3.23. The number of hydrogen-bond donors (Lipinski definition) is 2. The molecule has 0 radical (unpaired) electrons. The van der Waals surface area contributed by atoms with Crippen molar-refractivity contribution in [1.29, 1.82) is 0 Å². The molecule has 1 aliphatic heterocycles. The van der Waals surface area contributed by atoms with Crippen molar-refractivity contribution >= 4 is 17.3 Å². The van der Waals surface area contributed by atoms with Gasteiger partial charge in [0.2, 0.25) is 0 Å². The van der Waals surface area contributed by atoms with E-state index in [-0.39, 0.29) is 11.9 Å². The Kier molecular flexibility index (Phi) is 6.48. The van der Waals surface area contributed by atoms with E-state index in [9.17, 15) is 4.79 Å². The molecule has 0 aliphatic carbocycles. The topological polar surface area (TPSA) is 46.0 Å². The molecule has 1 aliphatic rings. The summed E-state index contributed by atoms with van der Waals surface area (Å²) in [5.41, 5.74) is 4.51. The van der Waals surface area contributed by atoms with Gasteiger partial charge in [-0.1, -0.05) is 29.8 Å². The summed E-state index contributed by atoms with van der Waals surface area (Å²) < 4.78 is 5.39. The third kappa shape index (κ3) is 5.31. The molecule has 5 nitrogen and oxygen atoms in total. The summed E-state index contributed by atoms with van der Waals surface area (Å²) in [6, 6.07) is 16.4. The molecule has 27 heavy (non-hydrogen) atoms. The van der Waals surface area contributed by atoms with E-state index in [1.54, 1.807) is 0 Å². The summed E-state index contributed by atoms with van der Waals surface area (Å²) in [6.45, 7) is 8.25. The van der Waals surface area contributed by atoms with Crippen LogP contribution in [-0.4, -0.2) is 45.3 Å². The van der Waals surface area contributed by atoms with Crippen molar-refractivity contribution in [3.05, 3.63) is 59.7 Å². The van der Waals surface area contributed by atoms with Crippen LogP contribution in [0.15, 0.2) is 48.5 Å². The highest BCUT2D eigenvalue weighted by Gasteiger charge is 2.22. The van der Waals surface area contributed by atoms with Gasteiger partial charge in [-0.2, -0.15) is 0 Å². The molecule has 1 amide bonds. The molecule has 1 heterocycles. The van der Waals surface area contributed by atoms with Crippen LogP contribution in [0.1, 0.15) is 18.1 Å². The lowest BCUT2D eigenvalue weighted by molar-refractivity contribution is -0.907. The zero-order valence-corrected chi connectivity index (χ0v) is 16.5. The Morgan fingerprint density at radius 2 is 1.74 bits per heavy atom. The fraction of sp³-hybridized carbons (Fsp3) is 0.409. The number of morpholine rings is 1. The molecule has 1 fully saturated rings. The monoisotopic (exact) mass is 368 g/mol. The van der Waals surface area contributed by atoms with E-state index in [0.717, 1.165) is 38.5 Å². The van der Waals surface area contributed by atoms with Crippen LogP contribution in [0.25, 0.3) is 0 Å². The minimum absolute atomic E-state index is 0.0405. The number of ether oxygens (including phenoxy) is 1. The number of rotatable bonds is 6. The number of hydrogen-bond acceptors (Lipinski definition) is 3. The highest BCUT2D eigenvalue weighted by molar-refractivity contribution is 5.93. The normalized spacial score (nSPS) is 16.6. The fourth-order valence-electron chi connectivity index (χ4n) is 3.23. The Morgan fingerprint density at radius 3 is 2.37 bits per heavy atom. The van der Waals surface area contributed by atoms with E-state index >= 15 is 0 Å². The number of carbonyl (C=O) groups excluding carboxylic acids is 1. The van der Waals surface area contributed by atoms with Crippen molar-refractivity contribution in [3.63, 3.8) is 0 Å². The van der Waals surface area contributed by atoms with Crippen LogP contribution in [0.5, 0.6) is 0 Å². The van der Waals surface area contributed by atoms with Crippen LogP contribution in [0.2, 0.25) is 0 Å². The summed E-state index contributed by atoms with van der Waals surface area (Å²) in [5, 5.41) is 3.04. The molecule has 0 aromatic heterocycles. The van der Waals surface area contributed by atoms with E-state index in [2.05, 4.69) is 60.6 Å². The summed E-state index contributed by atoms with van der Waals surface area (Å²) in [4.78, 5) is 16.1. The van der Waals surface area contributed by atoms with Crippen LogP contribution in [0.3, 0.4) is 0 Å². The van der Waals surface area contributed by atoms with Gasteiger partial charge in [0.05, 0.1) is 20.3 Å². The number of quaternary nitrogens is 1. The van der Waals surface area contributed by atoms with Gasteiger partial charge in [0, 0.05) is 30.0 Å². The molecule has 0 spiro atoms. The Labute approximate surface area is 161 Å². The number of nitrogens with one attached hydrogen (secondary N) is 2. The maximum Gasteiger partial charge on any atom is 0.282 e. The molecule has 0 bridgehead atoms. The molecule has 1 saturated heterocycles. The van der Waals surface area contributed by atoms with Gasteiger partial charge < -0.3 is 19.9 Å². The van der Waals surface area contributed by atoms with Crippen molar-refractivity contribution in [3.8, 4) is 0 Å². The maximum absolute atomic E-state index is 12.6. The molecule has 5 heteroatoms. The number of aryl methyl sites for hydroxylation is 1. The average molecular weight is 369 g/mol. The highest BCUT2D eigenvalue weighted by atomic mass is 16.5. The zero-order valence-electron chi connectivity index (χ0n) is 16.5. The summed E-state index contributed by atoms with van der Waals surface area (Å²) in [5.74, 6) is 0.0405. The minimum atomic E-state index is -0.134. The highest BCUT2D eigenvalue weighted by Crippen LogP contribution is 2.19. The maximum atomic E-state index is 12.6. The predicted octanol–water partition coefficient (Wildman–Crippen LogP) is 1.87. The molecule has 2 atom stereocenters. The van der Waals surface area contributed by atoms with Crippen molar-refractivity contribution < 1.29 is 14.4 Å². The van der Waals surface area contributed by atoms with E-state index in [1.165, 1.54) is 21.7 Å². The molecule has 3 rings (SSSR count). The van der Waals surface area contributed by atoms with Crippen molar-refractivity contribution in [2.24, 2.45) is 0 Å². The van der Waals surface area contributed by atoms with E-state index < -0.39 is 0 Å². The molecule has 144 valence electrons. The quantitative estimate of drug-likeness (QED) is 0.818. The zero-order chi connectivity index (χ0) is 19.2. The SMILES string of the molecule is Cc1ccc(C[NH+](C)[C@H](C)C(=O)Nc2ccc(N3CCOCC3)cc2)cc1. The standard InChI is InChI=1S/C22H29N3O2/c1-17-4-6-19(7-5-17)16-24(3)18(2)22(26)23-20-8-10-21(11-9-20)25-12-14-27-15-13-25/h4-11,18H,12-16H2,1-3H3,(H,23,26)/p+1/t18-/m1/s1. The van der Waals surface area contributed by atoms with Gasteiger partial charge in [-0.25, -0.2) is 0 Å². The second-order valence-electron chi connectivity index (χ2n) is 7.37. The van der Waals surface area contributed by atoms with Crippen LogP contribution in [0, 0.1) is 6.92 Å². The second kappa shape index (κ2) is 9.02. The van der Waals surface area contributed by atoms with Crippen LogP contribution in [-0.2, 0) is 16.1 Å². The van der Waals surface area contributed by atoms with E-state index in [4.69, 9.17) is 4.74 Å². The molecular formula is C22H30N3O2+. The third-order valence-corrected chi connectivity index (χ3v) is 5.25. The lowest BCUT2D eigenvalue weighted by Gasteiger charge is -2.29. The van der Waals surface area contributed by atoms with Gasteiger partial charge in [-0.3, -0.25) is 4.79 Å². The lowest BCUT2D eigenvalue weighted by atomic mass is 10.1. The van der Waals surface area contributed by atoms with Crippen molar-refractivity contribution in [1.82, 2.24) is 0 Å². The van der Waals surface area contributed by atoms with Crippen LogP contribution in [0.4, 0.5) is 11.4 Å². The number of benzene rings is 2. The summed E-state index contributed by atoms with van der Waals surface area (Å²) >= 11 is 0. The summed E-state index contributed by atoms with van der Waals surface area (Å²) in [7, 11) is 2.06. The number of anilines is 2. The minimum Gasteiger partial charge on any atom is -0.378 e. The first kappa shape index (κ1) is 19.4. The average Bonchev–Trinajstić information content (AvgIpc) is 2.70. The van der Waals surface area contributed by atoms with E-state index in [0.29, 0.717) is 0 Å². The first-order chi connectivity index (χ1) is 13.0. The van der Waals surface area contributed by atoms with E-state index in [1.807, 2.05) is 19.1 Å². The third-order valence-electron chi connectivity index (χ3n) is 5.25. The smallest absolute Gasteiger partial charge is 0.282 e. The van der Waals surface area contributed by atoms with Crippen molar-refractivity contribution in [2.45, 2.75) is 26.4 Å². The lowest BCUT2D eigenvalue weighted by Crippen LogP contribution is -3.12. The largest absolute Gasteiger partial charge is 0.378 e. The van der Waals surface area contributed by atoms with Crippen LogP contribution >= 0.6 is 0 Å². The van der Waals surface area contributed by atoms with Gasteiger partial charge in [0.1, 0.15) is 6.54 Å². The number of likely N-dealkylation sites (N-methyl/N-ethyl adjacent to an activating group) is 1. The van der Waals surface area contributed by atoms with Crippen molar-refractivity contribution in [2.75, 3.05) is 43.6 Å². The van der Waals surface area contributed by atoms with Gasteiger partial charge >= 0.3 is 0 Å².